The third-order valence-corrected chi connectivity index (χ3v) is 2.43. The van der Waals surface area contributed by atoms with Gasteiger partial charge in [0.25, 0.3) is 5.91 Å². The molecule has 0 unspecified atom stereocenters. The highest BCUT2D eigenvalue weighted by atomic mass is 16.5. The lowest BCUT2D eigenvalue weighted by molar-refractivity contribution is -0.129. The van der Waals surface area contributed by atoms with Crippen LogP contribution < -0.4 is 15.4 Å². The van der Waals surface area contributed by atoms with Crippen LogP contribution in [0.2, 0.25) is 0 Å². The SMILES string of the molecule is CCCNC(=O)[C@H](C)NC(=O)COc1ccccc1. The lowest BCUT2D eigenvalue weighted by Crippen LogP contribution is -2.46. The molecule has 0 spiro atoms. The van der Waals surface area contributed by atoms with E-state index >= 15 is 0 Å². The van der Waals surface area contributed by atoms with Gasteiger partial charge in [0, 0.05) is 6.54 Å². The van der Waals surface area contributed by atoms with E-state index in [0.717, 1.165) is 6.42 Å². The smallest absolute Gasteiger partial charge is 0.258 e. The monoisotopic (exact) mass is 264 g/mol. The number of hydrogen-bond acceptors (Lipinski definition) is 3. The average Bonchev–Trinajstić information content (AvgIpc) is 2.43. The summed E-state index contributed by atoms with van der Waals surface area (Å²) < 4.78 is 5.29. The Kier molecular flexibility index (Phi) is 6.43. The molecule has 0 saturated heterocycles. The van der Waals surface area contributed by atoms with E-state index < -0.39 is 6.04 Å². The molecule has 5 nitrogen and oxygen atoms in total. The maximum absolute atomic E-state index is 11.6. The molecule has 2 N–H and O–H groups in total. The first-order valence-electron chi connectivity index (χ1n) is 6.38. The minimum absolute atomic E-state index is 0.102. The number of carbonyl (C=O) groups excluding carboxylic acids is 2. The first-order chi connectivity index (χ1) is 9.13. The fourth-order valence-electron chi connectivity index (χ4n) is 1.42. The second kappa shape index (κ2) is 8.13. The van der Waals surface area contributed by atoms with Gasteiger partial charge in [0.2, 0.25) is 5.91 Å². The Morgan fingerprint density at radius 2 is 1.95 bits per heavy atom. The van der Waals surface area contributed by atoms with Gasteiger partial charge >= 0.3 is 0 Å². The third-order valence-electron chi connectivity index (χ3n) is 2.43. The standard InChI is InChI=1S/C14H20N2O3/c1-3-9-15-14(18)11(2)16-13(17)10-19-12-7-5-4-6-8-12/h4-8,11H,3,9-10H2,1-2H3,(H,15,18)(H,16,17)/t11-/m0/s1. The van der Waals surface area contributed by atoms with Gasteiger partial charge in [-0.3, -0.25) is 9.59 Å². The van der Waals surface area contributed by atoms with Crippen molar-refractivity contribution in [1.82, 2.24) is 10.6 Å². The van der Waals surface area contributed by atoms with Crippen LogP contribution >= 0.6 is 0 Å². The van der Waals surface area contributed by atoms with Crippen molar-refractivity contribution in [3.8, 4) is 5.75 Å². The van der Waals surface area contributed by atoms with E-state index in [1.54, 1.807) is 19.1 Å². The number of rotatable bonds is 7. The van der Waals surface area contributed by atoms with Crippen molar-refractivity contribution in [1.29, 1.82) is 0 Å². The summed E-state index contributed by atoms with van der Waals surface area (Å²) in [5.41, 5.74) is 0. The van der Waals surface area contributed by atoms with Gasteiger partial charge in [0.1, 0.15) is 11.8 Å². The molecule has 0 radical (unpaired) electrons. The van der Waals surface area contributed by atoms with Gasteiger partial charge in [-0.1, -0.05) is 25.1 Å². The molecule has 0 aliphatic heterocycles. The van der Waals surface area contributed by atoms with Crippen molar-refractivity contribution in [2.45, 2.75) is 26.3 Å². The first kappa shape index (κ1) is 15.0. The summed E-state index contributed by atoms with van der Waals surface area (Å²) in [5, 5.41) is 5.30. The van der Waals surface area contributed by atoms with Gasteiger partial charge in [-0.05, 0) is 25.5 Å². The Bertz CT molecular complexity index is 406. The second-order valence-corrected chi connectivity index (χ2v) is 4.18. The van der Waals surface area contributed by atoms with Gasteiger partial charge in [-0.15, -0.1) is 0 Å². The van der Waals surface area contributed by atoms with Crippen LogP contribution in [0.15, 0.2) is 30.3 Å². The van der Waals surface area contributed by atoms with E-state index in [9.17, 15) is 9.59 Å². The van der Waals surface area contributed by atoms with Crippen LogP contribution in [-0.2, 0) is 9.59 Å². The van der Waals surface area contributed by atoms with Crippen LogP contribution in [0.1, 0.15) is 20.3 Å². The molecule has 0 saturated carbocycles. The molecule has 1 aromatic rings. The Balaban J connectivity index is 2.29. The molecule has 0 aromatic heterocycles. The lowest BCUT2D eigenvalue weighted by Gasteiger charge is -2.14. The summed E-state index contributed by atoms with van der Waals surface area (Å²) in [7, 11) is 0. The summed E-state index contributed by atoms with van der Waals surface area (Å²) >= 11 is 0. The average molecular weight is 264 g/mol. The molecule has 1 rings (SSSR count). The predicted molar refractivity (Wildman–Crippen MR) is 72.8 cm³/mol. The topological polar surface area (TPSA) is 67.4 Å². The quantitative estimate of drug-likeness (QED) is 0.775. The van der Waals surface area contributed by atoms with E-state index in [0.29, 0.717) is 12.3 Å². The van der Waals surface area contributed by atoms with Gasteiger partial charge in [-0.25, -0.2) is 0 Å². The zero-order valence-corrected chi connectivity index (χ0v) is 11.3. The summed E-state index contributed by atoms with van der Waals surface area (Å²) in [6.07, 6.45) is 0.865. The van der Waals surface area contributed by atoms with Crippen molar-refractivity contribution in [2.24, 2.45) is 0 Å². The maximum atomic E-state index is 11.6. The highest BCUT2D eigenvalue weighted by molar-refractivity contribution is 5.87. The highest BCUT2D eigenvalue weighted by Crippen LogP contribution is 2.07. The Hall–Kier alpha value is -2.04. The minimum atomic E-state index is -0.557. The maximum Gasteiger partial charge on any atom is 0.258 e. The lowest BCUT2D eigenvalue weighted by atomic mass is 10.3. The van der Waals surface area contributed by atoms with Crippen LogP contribution in [0.5, 0.6) is 5.75 Å². The van der Waals surface area contributed by atoms with Crippen molar-refractivity contribution < 1.29 is 14.3 Å². The number of hydrogen-bond donors (Lipinski definition) is 2. The van der Waals surface area contributed by atoms with Crippen molar-refractivity contribution in [2.75, 3.05) is 13.2 Å². The fraction of sp³-hybridized carbons (Fsp3) is 0.429. The van der Waals surface area contributed by atoms with Gasteiger partial charge < -0.3 is 15.4 Å². The number of nitrogens with one attached hydrogen (secondary N) is 2. The first-order valence-corrected chi connectivity index (χ1v) is 6.38. The predicted octanol–water partition coefficient (Wildman–Crippen LogP) is 1.10. The van der Waals surface area contributed by atoms with Gasteiger partial charge in [-0.2, -0.15) is 0 Å². The molecule has 0 heterocycles. The molecule has 1 aromatic carbocycles. The van der Waals surface area contributed by atoms with Crippen molar-refractivity contribution >= 4 is 11.8 Å². The van der Waals surface area contributed by atoms with Crippen LogP contribution in [0, 0.1) is 0 Å². The van der Waals surface area contributed by atoms with Crippen LogP contribution in [0.3, 0.4) is 0 Å². The molecule has 19 heavy (non-hydrogen) atoms. The molecule has 0 aliphatic carbocycles. The summed E-state index contributed by atoms with van der Waals surface area (Å²) in [5.74, 6) is 0.124. The van der Waals surface area contributed by atoms with Crippen LogP contribution in [0.25, 0.3) is 0 Å². The molecule has 0 bridgehead atoms. The Morgan fingerprint density at radius 1 is 1.26 bits per heavy atom. The molecule has 1 atom stereocenters. The highest BCUT2D eigenvalue weighted by Gasteiger charge is 2.14. The molecule has 0 fully saturated rings. The van der Waals surface area contributed by atoms with E-state index in [2.05, 4.69) is 10.6 Å². The molecular weight excluding hydrogens is 244 g/mol. The fourth-order valence-corrected chi connectivity index (χ4v) is 1.42. The number of carbonyl (C=O) groups is 2. The zero-order chi connectivity index (χ0) is 14.1. The largest absolute Gasteiger partial charge is 0.484 e. The van der Waals surface area contributed by atoms with E-state index in [1.165, 1.54) is 0 Å². The Labute approximate surface area is 113 Å². The van der Waals surface area contributed by atoms with Crippen LogP contribution in [0.4, 0.5) is 0 Å². The minimum Gasteiger partial charge on any atom is -0.484 e. The normalized spacial score (nSPS) is 11.5. The number of amides is 2. The van der Waals surface area contributed by atoms with Crippen molar-refractivity contribution in [3.05, 3.63) is 30.3 Å². The molecule has 104 valence electrons. The zero-order valence-electron chi connectivity index (χ0n) is 11.3. The molecule has 0 aliphatic rings. The third kappa shape index (κ3) is 5.90. The number of ether oxygens (including phenoxy) is 1. The molecule has 2 amide bonds. The van der Waals surface area contributed by atoms with Gasteiger partial charge in [0.05, 0.1) is 0 Å². The second-order valence-electron chi connectivity index (χ2n) is 4.18. The van der Waals surface area contributed by atoms with Crippen molar-refractivity contribution in [3.63, 3.8) is 0 Å². The van der Waals surface area contributed by atoms with E-state index in [1.807, 2.05) is 25.1 Å². The summed E-state index contributed by atoms with van der Waals surface area (Å²) in [6.45, 7) is 4.12. The van der Waals surface area contributed by atoms with Crippen LogP contribution in [-0.4, -0.2) is 31.0 Å². The molecule has 5 heteroatoms. The van der Waals surface area contributed by atoms with E-state index in [4.69, 9.17) is 4.74 Å². The summed E-state index contributed by atoms with van der Waals surface area (Å²) in [6, 6.07) is 8.50. The van der Waals surface area contributed by atoms with Gasteiger partial charge in [0.15, 0.2) is 6.61 Å². The molecular formula is C14H20N2O3. The van der Waals surface area contributed by atoms with E-state index in [-0.39, 0.29) is 18.4 Å². The summed E-state index contributed by atoms with van der Waals surface area (Å²) in [4.78, 5) is 23.1. The number of para-hydroxylation sites is 1. The Morgan fingerprint density at radius 3 is 2.58 bits per heavy atom. The number of benzene rings is 1.